The Kier molecular flexibility index (Phi) is 7.98. The number of nitrogens with zero attached hydrogens (tertiary/aromatic N) is 5. The van der Waals surface area contributed by atoms with E-state index in [-0.39, 0.29) is 5.91 Å². The van der Waals surface area contributed by atoms with Gasteiger partial charge < -0.3 is 24.8 Å². The Bertz CT molecular complexity index is 1240. The standard InChI is InChI=1S/C28H35ClN6O2/c1-3-11-33-13-15-34(16-14-33)12-6-17-37-22-9-10-23(24(29)18-22)28(36)35-20-21-19-30-32(2)27(21)31-25-7-4-5-8-26(25)35/h4-5,7-10,18-19,31H,3,6,11-17,20H2,1-2H3. The summed E-state index contributed by atoms with van der Waals surface area (Å²) in [6, 6.07) is 13.1. The highest BCUT2D eigenvalue weighted by Crippen LogP contribution is 2.37. The maximum absolute atomic E-state index is 13.7. The summed E-state index contributed by atoms with van der Waals surface area (Å²) in [5, 5.41) is 8.16. The molecule has 5 rings (SSSR count). The van der Waals surface area contributed by atoms with Gasteiger partial charge in [0.15, 0.2) is 0 Å². The first-order valence-electron chi connectivity index (χ1n) is 13.1. The summed E-state index contributed by atoms with van der Waals surface area (Å²) in [7, 11) is 1.88. The second kappa shape index (κ2) is 11.5. The van der Waals surface area contributed by atoms with E-state index in [1.165, 1.54) is 13.0 Å². The van der Waals surface area contributed by atoms with Crippen LogP contribution in [0.15, 0.2) is 48.7 Å². The Morgan fingerprint density at radius 3 is 2.59 bits per heavy atom. The van der Waals surface area contributed by atoms with Crippen molar-refractivity contribution in [2.24, 2.45) is 7.05 Å². The van der Waals surface area contributed by atoms with Gasteiger partial charge in [-0.25, -0.2) is 0 Å². The maximum Gasteiger partial charge on any atom is 0.260 e. The van der Waals surface area contributed by atoms with Crippen LogP contribution < -0.4 is 15.0 Å². The van der Waals surface area contributed by atoms with Crippen LogP contribution in [-0.2, 0) is 13.6 Å². The fraction of sp³-hybridized carbons (Fsp3) is 0.429. The van der Waals surface area contributed by atoms with Gasteiger partial charge in [0, 0.05) is 45.3 Å². The normalized spacial score (nSPS) is 16.0. The summed E-state index contributed by atoms with van der Waals surface area (Å²) in [4.78, 5) is 20.5. The summed E-state index contributed by atoms with van der Waals surface area (Å²) < 4.78 is 7.76. The number of carbonyl (C=O) groups is 1. The van der Waals surface area contributed by atoms with E-state index in [0.717, 1.165) is 61.9 Å². The lowest BCUT2D eigenvalue weighted by Crippen LogP contribution is -2.46. The van der Waals surface area contributed by atoms with Gasteiger partial charge in [-0.1, -0.05) is 30.7 Å². The Balaban J connectivity index is 1.21. The van der Waals surface area contributed by atoms with Gasteiger partial charge in [-0.2, -0.15) is 5.10 Å². The quantitative estimate of drug-likeness (QED) is 0.430. The van der Waals surface area contributed by atoms with E-state index >= 15 is 0 Å². The van der Waals surface area contributed by atoms with Crippen molar-refractivity contribution in [3.8, 4) is 5.75 Å². The highest BCUT2D eigenvalue weighted by atomic mass is 35.5. The van der Waals surface area contributed by atoms with E-state index in [0.29, 0.717) is 29.5 Å². The molecule has 2 aromatic carbocycles. The number of hydrogen-bond acceptors (Lipinski definition) is 6. The van der Waals surface area contributed by atoms with Crippen LogP contribution in [0.2, 0.25) is 5.02 Å². The number of nitrogens with one attached hydrogen (secondary N) is 1. The van der Waals surface area contributed by atoms with Gasteiger partial charge in [0.1, 0.15) is 11.6 Å². The van der Waals surface area contributed by atoms with E-state index in [9.17, 15) is 4.79 Å². The molecule has 0 bridgehead atoms. The SMILES string of the molecule is CCCN1CCN(CCCOc2ccc(C(=O)N3Cc4cnn(C)c4Nc4ccccc43)c(Cl)c2)CC1. The van der Waals surface area contributed by atoms with E-state index in [4.69, 9.17) is 16.3 Å². The third-order valence-electron chi connectivity index (χ3n) is 7.10. The average Bonchev–Trinajstić information content (AvgIpc) is 3.15. The Labute approximate surface area is 223 Å². The number of halogens is 1. The number of benzene rings is 2. The fourth-order valence-electron chi connectivity index (χ4n) is 5.07. The zero-order valence-electron chi connectivity index (χ0n) is 21.6. The number of para-hydroxylation sites is 2. The van der Waals surface area contributed by atoms with E-state index in [1.807, 2.05) is 37.4 Å². The monoisotopic (exact) mass is 522 g/mol. The van der Waals surface area contributed by atoms with Gasteiger partial charge in [0.2, 0.25) is 0 Å². The molecule has 0 atom stereocenters. The molecule has 2 aliphatic rings. The third-order valence-corrected chi connectivity index (χ3v) is 7.41. The van der Waals surface area contributed by atoms with Crippen LogP contribution in [0.1, 0.15) is 35.7 Å². The van der Waals surface area contributed by atoms with Crippen LogP contribution in [0.3, 0.4) is 0 Å². The molecule has 1 amide bonds. The molecule has 1 saturated heterocycles. The zero-order chi connectivity index (χ0) is 25.8. The second-order valence-corrected chi connectivity index (χ2v) is 10.1. The van der Waals surface area contributed by atoms with Crippen LogP contribution in [0, 0.1) is 0 Å². The van der Waals surface area contributed by atoms with Crippen molar-refractivity contribution in [2.75, 3.05) is 56.1 Å². The molecule has 0 radical (unpaired) electrons. The summed E-state index contributed by atoms with van der Waals surface area (Å²) in [5.41, 5.74) is 3.03. The first-order valence-corrected chi connectivity index (χ1v) is 13.5. The smallest absolute Gasteiger partial charge is 0.260 e. The maximum atomic E-state index is 13.7. The number of aromatic nitrogens is 2. The number of anilines is 3. The topological polar surface area (TPSA) is 65.9 Å². The molecule has 0 aliphatic carbocycles. The molecule has 0 spiro atoms. The van der Waals surface area contributed by atoms with Gasteiger partial charge >= 0.3 is 0 Å². The molecular formula is C28H35ClN6O2. The highest BCUT2D eigenvalue weighted by molar-refractivity contribution is 6.34. The first-order chi connectivity index (χ1) is 18.0. The van der Waals surface area contributed by atoms with Crippen LogP contribution in [0.4, 0.5) is 17.2 Å². The summed E-state index contributed by atoms with van der Waals surface area (Å²) in [6.07, 6.45) is 3.96. The van der Waals surface area contributed by atoms with Crippen LogP contribution in [-0.4, -0.2) is 71.4 Å². The van der Waals surface area contributed by atoms with Crippen molar-refractivity contribution >= 4 is 34.7 Å². The molecule has 1 fully saturated rings. The van der Waals surface area contributed by atoms with E-state index in [1.54, 1.807) is 27.9 Å². The second-order valence-electron chi connectivity index (χ2n) is 9.70. The van der Waals surface area contributed by atoms with Crippen molar-refractivity contribution in [3.63, 3.8) is 0 Å². The molecule has 1 aromatic heterocycles. The molecule has 3 heterocycles. The summed E-state index contributed by atoms with van der Waals surface area (Å²) in [5.74, 6) is 1.40. The molecule has 0 unspecified atom stereocenters. The lowest BCUT2D eigenvalue weighted by molar-refractivity contribution is 0.0985. The summed E-state index contributed by atoms with van der Waals surface area (Å²) in [6.45, 7) is 10.0. The first kappa shape index (κ1) is 25.6. The van der Waals surface area contributed by atoms with Crippen molar-refractivity contribution in [3.05, 3.63) is 64.8 Å². The Morgan fingerprint density at radius 1 is 1.08 bits per heavy atom. The zero-order valence-corrected chi connectivity index (χ0v) is 22.4. The highest BCUT2D eigenvalue weighted by Gasteiger charge is 2.28. The van der Waals surface area contributed by atoms with Gasteiger partial charge in [0.25, 0.3) is 5.91 Å². The number of ether oxygens (including phenoxy) is 1. The lowest BCUT2D eigenvalue weighted by Gasteiger charge is -2.34. The number of carbonyl (C=O) groups excluding carboxylic acids is 1. The van der Waals surface area contributed by atoms with Crippen molar-refractivity contribution in [2.45, 2.75) is 26.3 Å². The van der Waals surface area contributed by atoms with Gasteiger partial charge in [-0.15, -0.1) is 0 Å². The number of amides is 1. The Hall–Kier alpha value is -3.07. The number of hydrogen-bond donors (Lipinski definition) is 1. The summed E-state index contributed by atoms with van der Waals surface area (Å²) >= 11 is 6.62. The molecule has 8 nitrogen and oxygen atoms in total. The largest absolute Gasteiger partial charge is 0.493 e. The number of piperazine rings is 1. The predicted octanol–water partition coefficient (Wildman–Crippen LogP) is 4.77. The molecule has 1 N–H and O–H groups in total. The van der Waals surface area contributed by atoms with Gasteiger partial charge in [-0.3, -0.25) is 9.48 Å². The molecule has 196 valence electrons. The molecule has 9 heteroatoms. The predicted molar refractivity (Wildman–Crippen MR) is 148 cm³/mol. The van der Waals surface area contributed by atoms with Gasteiger partial charge in [0.05, 0.1) is 41.3 Å². The van der Waals surface area contributed by atoms with Crippen LogP contribution in [0.5, 0.6) is 5.75 Å². The van der Waals surface area contributed by atoms with E-state index < -0.39 is 0 Å². The molecule has 3 aromatic rings. The average molecular weight is 523 g/mol. The molecule has 37 heavy (non-hydrogen) atoms. The molecular weight excluding hydrogens is 488 g/mol. The molecule has 0 saturated carbocycles. The molecule has 2 aliphatic heterocycles. The van der Waals surface area contributed by atoms with Crippen molar-refractivity contribution in [1.82, 2.24) is 19.6 Å². The number of aryl methyl sites for hydroxylation is 1. The van der Waals surface area contributed by atoms with Crippen molar-refractivity contribution in [1.29, 1.82) is 0 Å². The van der Waals surface area contributed by atoms with Crippen molar-refractivity contribution < 1.29 is 9.53 Å². The third kappa shape index (κ3) is 5.76. The van der Waals surface area contributed by atoms with Gasteiger partial charge in [-0.05, 0) is 49.7 Å². The minimum Gasteiger partial charge on any atom is -0.493 e. The lowest BCUT2D eigenvalue weighted by atomic mass is 10.1. The number of fused-ring (bicyclic) bond motifs is 2. The minimum absolute atomic E-state index is 0.162. The van der Waals surface area contributed by atoms with Crippen LogP contribution >= 0.6 is 11.6 Å². The Morgan fingerprint density at radius 2 is 1.84 bits per heavy atom. The minimum atomic E-state index is -0.162. The van der Waals surface area contributed by atoms with E-state index in [2.05, 4.69) is 27.1 Å². The number of rotatable bonds is 8. The fourth-order valence-corrected chi connectivity index (χ4v) is 5.33. The van der Waals surface area contributed by atoms with Crippen LogP contribution in [0.25, 0.3) is 0 Å².